The van der Waals surface area contributed by atoms with Crippen molar-refractivity contribution in [1.82, 2.24) is 0 Å². The second-order valence-corrected chi connectivity index (χ2v) is 4.29. The van der Waals surface area contributed by atoms with Crippen LogP contribution in [0.15, 0.2) is 28.7 Å². The summed E-state index contributed by atoms with van der Waals surface area (Å²) in [6.07, 6.45) is 0.232. The van der Waals surface area contributed by atoms with Crippen LogP contribution in [0, 0.1) is 0 Å². The highest BCUT2D eigenvalue weighted by Gasteiger charge is 2.35. The maximum Gasteiger partial charge on any atom is 0.233 e. The van der Waals surface area contributed by atoms with Crippen molar-refractivity contribution in [3.05, 3.63) is 52.5 Å². The second kappa shape index (κ2) is 4.07. The highest BCUT2D eigenvalue weighted by molar-refractivity contribution is 6.28. The molecule has 1 aromatic carbocycles. The Balaban J connectivity index is 2.21. The van der Waals surface area contributed by atoms with Crippen LogP contribution in [0.1, 0.15) is 37.8 Å². The van der Waals surface area contributed by atoms with Gasteiger partial charge in [0.2, 0.25) is 5.78 Å². The van der Waals surface area contributed by atoms with Crippen molar-refractivity contribution in [1.29, 1.82) is 0 Å². The Labute approximate surface area is 108 Å². The van der Waals surface area contributed by atoms with Crippen molar-refractivity contribution in [3.63, 3.8) is 0 Å². The Morgan fingerprint density at radius 3 is 2.63 bits per heavy atom. The Morgan fingerprint density at radius 2 is 1.89 bits per heavy atom. The van der Waals surface area contributed by atoms with E-state index in [0.29, 0.717) is 5.76 Å². The molecular weight excluding hydrogens is 248 g/mol. The molecule has 0 unspecified atom stereocenters. The summed E-state index contributed by atoms with van der Waals surface area (Å²) < 4.78 is 5.30. The number of benzene rings is 1. The lowest BCUT2D eigenvalue weighted by Gasteiger charge is -2.13. The van der Waals surface area contributed by atoms with E-state index in [4.69, 9.17) is 9.52 Å². The van der Waals surface area contributed by atoms with E-state index in [2.05, 4.69) is 0 Å². The molecule has 0 amide bonds. The van der Waals surface area contributed by atoms with Crippen LogP contribution in [0.3, 0.4) is 0 Å². The number of fused-ring (bicyclic) bond motifs is 2. The van der Waals surface area contributed by atoms with Crippen LogP contribution in [0.4, 0.5) is 0 Å². The smallest absolute Gasteiger partial charge is 0.233 e. The van der Waals surface area contributed by atoms with E-state index in [1.807, 2.05) is 0 Å². The summed E-state index contributed by atoms with van der Waals surface area (Å²) in [5.74, 6) is -0.786. The lowest BCUT2D eigenvalue weighted by Crippen LogP contribution is -2.19. The minimum absolute atomic E-state index is 0.0232. The Morgan fingerprint density at radius 1 is 1.11 bits per heavy atom. The summed E-state index contributed by atoms with van der Waals surface area (Å²) in [6, 6.07) is 5.83. The summed E-state index contributed by atoms with van der Waals surface area (Å²) in [4.78, 5) is 24.5. The number of phenolic OH excluding ortho intramolecular Hbond substituents is 1. The molecule has 0 saturated heterocycles. The average molecular weight is 258 g/mol. The van der Waals surface area contributed by atoms with Crippen LogP contribution in [0.2, 0.25) is 0 Å². The molecular formula is C14H10O5. The van der Waals surface area contributed by atoms with Crippen molar-refractivity contribution >= 4 is 11.6 Å². The lowest BCUT2D eigenvalue weighted by atomic mass is 9.88. The maximum atomic E-state index is 12.2. The molecule has 0 radical (unpaired) electrons. The zero-order valence-corrected chi connectivity index (χ0v) is 9.84. The third-order valence-electron chi connectivity index (χ3n) is 3.11. The summed E-state index contributed by atoms with van der Waals surface area (Å²) in [7, 11) is 0. The van der Waals surface area contributed by atoms with Crippen LogP contribution < -0.4 is 0 Å². The van der Waals surface area contributed by atoms with Gasteiger partial charge < -0.3 is 14.6 Å². The van der Waals surface area contributed by atoms with Crippen molar-refractivity contribution in [2.24, 2.45) is 0 Å². The molecule has 5 heteroatoms. The first-order valence-electron chi connectivity index (χ1n) is 5.78. The standard InChI is InChI=1S/C14H10O5/c15-5-4-7-6-9-12(17)8-2-1-3-10(16)11(8)13(18)14(9)19-7/h1-3,6,15-16H,4-5H2. The van der Waals surface area contributed by atoms with Gasteiger partial charge in [-0.25, -0.2) is 0 Å². The van der Waals surface area contributed by atoms with Gasteiger partial charge in [0.05, 0.1) is 17.7 Å². The topological polar surface area (TPSA) is 87.7 Å². The summed E-state index contributed by atoms with van der Waals surface area (Å²) in [5, 5.41) is 18.6. The Kier molecular flexibility index (Phi) is 2.50. The number of aliphatic hydroxyl groups is 1. The molecule has 1 heterocycles. The first-order chi connectivity index (χ1) is 9.13. The second-order valence-electron chi connectivity index (χ2n) is 4.29. The van der Waals surface area contributed by atoms with Crippen molar-refractivity contribution < 1.29 is 24.2 Å². The Hall–Kier alpha value is -2.40. The predicted octanol–water partition coefficient (Wildman–Crippen LogP) is 1.30. The zero-order valence-electron chi connectivity index (χ0n) is 9.84. The molecule has 96 valence electrons. The normalized spacial score (nSPS) is 13.3. The number of phenols is 1. The van der Waals surface area contributed by atoms with Crippen molar-refractivity contribution in [2.45, 2.75) is 6.42 Å². The van der Waals surface area contributed by atoms with Crippen LogP contribution in [-0.4, -0.2) is 28.4 Å². The number of aliphatic hydroxyl groups excluding tert-OH is 1. The summed E-state index contributed by atoms with van der Waals surface area (Å²) in [6.45, 7) is -0.132. The molecule has 3 rings (SSSR count). The highest BCUT2D eigenvalue weighted by atomic mass is 16.4. The van der Waals surface area contributed by atoms with E-state index < -0.39 is 5.78 Å². The predicted molar refractivity (Wildman–Crippen MR) is 64.5 cm³/mol. The summed E-state index contributed by atoms with van der Waals surface area (Å²) >= 11 is 0. The molecule has 0 bridgehead atoms. The van der Waals surface area contributed by atoms with Gasteiger partial charge in [0, 0.05) is 12.0 Å². The fourth-order valence-corrected chi connectivity index (χ4v) is 2.24. The monoisotopic (exact) mass is 258 g/mol. The molecule has 0 spiro atoms. The van der Waals surface area contributed by atoms with Crippen LogP contribution in [0.25, 0.3) is 0 Å². The average Bonchev–Trinajstić information content (AvgIpc) is 2.81. The fourth-order valence-electron chi connectivity index (χ4n) is 2.24. The van der Waals surface area contributed by atoms with Crippen LogP contribution >= 0.6 is 0 Å². The maximum absolute atomic E-state index is 12.2. The van der Waals surface area contributed by atoms with Gasteiger partial charge >= 0.3 is 0 Å². The highest BCUT2D eigenvalue weighted by Crippen LogP contribution is 2.34. The minimum atomic E-state index is -0.508. The molecule has 5 nitrogen and oxygen atoms in total. The fraction of sp³-hybridized carbons (Fsp3) is 0.143. The van der Waals surface area contributed by atoms with Crippen molar-refractivity contribution in [2.75, 3.05) is 6.61 Å². The van der Waals surface area contributed by atoms with Gasteiger partial charge in [0.1, 0.15) is 11.5 Å². The lowest BCUT2D eigenvalue weighted by molar-refractivity contribution is 0.0956. The van der Waals surface area contributed by atoms with Gasteiger partial charge in [-0.3, -0.25) is 9.59 Å². The molecule has 0 atom stereocenters. The molecule has 0 saturated carbocycles. The van der Waals surface area contributed by atoms with Crippen LogP contribution in [-0.2, 0) is 6.42 Å². The molecule has 1 aliphatic carbocycles. The number of hydrogen-bond acceptors (Lipinski definition) is 5. The van der Waals surface area contributed by atoms with E-state index >= 15 is 0 Å². The largest absolute Gasteiger partial charge is 0.507 e. The van der Waals surface area contributed by atoms with E-state index in [0.717, 1.165) is 0 Å². The van der Waals surface area contributed by atoms with Gasteiger partial charge in [-0.05, 0) is 12.1 Å². The zero-order chi connectivity index (χ0) is 13.6. The van der Waals surface area contributed by atoms with E-state index in [-0.39, 0.29) is 47.0 Å². The first kappa shape index (κ1) is 11.7. The quantitative estimate of drug-likeness (QED) is 0.723. The van der Waals surface area contributed by atoms with Gasteiger partial charge in [0.15, 0.2) is 11.5 Å². The van der Waals surface area contributed by atoms with Gasteiger partial charge in [0.25, 0.3) is 0 Å². The molecule has 1 aromatic heterocycles. The van der Waals surface area contributed by atoms with Gasteiger partial charge in [-0.2, -0.15) is 0 Å². The minimum Gasteiger partial charge on any atom is -0.507 e. The number of carbonyl (C=O) groups is 2. The summed E-state index contributed by atoms with van der Waals surface area (Å²) in [5.41, 5.74) is 0.338. The molecule has 1 aliphatic rings. The van der Waals surface area contributed by atoms with E-state index in [9.17, 15) is 14.7 Å². The number of ketones is 2. The van der Waals surface area contributed by atoms with Crippen LogP contribution in [0.5, 0.6) is 5.75 Å². The molecule has 2 aromatic rings. The SMILES string of the molecule is O=C1c2cc(CCO)oc2C(=O)c2c(O)cccc21. The molecule has 2 N–H and O–H groups in total. The first-order valence-corrected chi connectivity index (χ1v) is 5.78. The number of aromatic hydroxyl groups is 1. The van der Waals surface area contributed by atoms with E-state index in [1.54, 1.807) is 0 Å². The van der Waals surface area contributed by atoms with E-state index in [1.165, 1.54) is 24.3 Å². The van der Waals surface area contributed by atoms with Gasteiger partial charge in [-0.15, -0.1) is 0 Å². The molecule has 0 fully saturated rings. The molecule has 0 aliphatic heterocycles. The molecule has 19 heavy (non-hydrogen) atoms. The third-order valence-corrected chi connectivity index (χ3v) is 3.11. The third kappa shape index (κ3) is 1.59. The Bertz CT molecular complexity index is 696. The number of hydrogen-bond donors (Lipinski definition) is 2. The number of furan rings is 1. The van der Waals surface area contributed by atoms with Gasteiger partial charge in [-0.1, -0.05) is 12.1 Å². The number of rotatable bonds is 2. The number of carbonyl (C=O) groups excluding carboxylic acids is 2. The van der Waals surface area contributed by atoms with Crippen molar-refractivity contribution in [3.8, 4) is 5.75 Å².